The molecule has 1 aromatic rings. The fraction of sp³-hybridized carbons (Fsp3) is 0.333. The van der Waals surface area contributed by atoms with Gasteiger partial charge >= 0.3 is 0 Å². The third kappa shape index (κ3) is 2.03. The SMILES string of the molecule is N#Cc1cc(F)cc(C(=O)N2CCCC2)c1. The Kier molecular flexibility index (Phi) is 2.86. The van der Waals surface area contributed by atoms with Gasteiger partial charge in [-0.05, 0) is 31.0 Å². The molecule has 0 N–H and O–H groups in total. The van der Waals surface area contributed by atoms with E-state index in [0.717, 1.165) is 32.0 Å². The average Bonchev–Trinajstić information content (AvgIpc) is 2.80. The van der Waals surface area contributed by atoms with Crippen molar-refractivity contribution in [1.82, 2.24) is 4.90 Å². The summed E-state index contributed by atoms with van der Waals surface area (Å²) in [6, 6.07) is 5.58. The largest absolute Gasteiger partial charge is 0.339 e. The number of carbonyl (C=O) groups is 1. The Balaban J connectivity index is 2.29. The highest BCUT2D eigenvalue weighted by Crippen LogP contribution is 2.15. The van der Waals surface area contributed by atoms with Gasteiger partial charge in [-0.2, -0.15) is 5.26 Å². The highest BCUT2D eigenvalue weighted by atomic mass is 19.1. The molecule has 0 radical (unpaired) electrons. The van der Waals surface area contributed by atoms with Crippen molar-refractivity contribution in [2.24, 2.45) is 0 Å². The van der Waals surface area contributed by atoms with Gasteiger partial charge in [0.2, 0.25) is 0 Å². The van der Waals surface area contributed by atoms with Crippen LogP contribution in [0.5, 0.6) is 0 Å². The third-order valence-corrected chi connectivity index (χ3v) is 2.67. The molecule has 82 valence electrons. The summed E-state index contributed by atoms with van der Waals surface area (Å²) in [6.07, 6.45) is 1.98. The zero-order chi connectivity index (χ0) is 11.5. The van der Waals surface area contributed by atoms with Gasteiger partial charge in [-0.1, -0.05) is 0 Å². The first kappa shape index (κ1) is 10.6. The Morgan fingerprint density at radius 1 is 1.31 bits per heavy atom. The van der Waals surface area contributed by atoms with Crippen molar-refractivity contribution in [1.29, 1.82) is 5.26 Å². The smallest absolute Gasteiger partial charge is 0.254 e. The quantitative estimate of drug-likeness (QED) is 0.723. The van der Waals surface area contributed by atoms with Crippen molar-refractivity contribution in [3.63, 3.8) is 0 Å². The second kappa shape index (κ2) is 4.31. The van der Waals surface area contributed by atoms with Crippen molar-refractivity contribution >= 4 is 5.91 Å². The number of carbonyl (C=O) groups excluding carboxylic acids is 1. The van der Waals surface area contributed by atoms with E-state index in [2.05, 4.69) is 0 Å². The topological polar surface area (TPSA) is 44.1 Å². The number of nitriles is 1. The van der Waals surface area contributed by atoms with E-state index in [1.807, 2.05) is 6.07 Å². The van der Waals surface area contributed by atoms with Gasteiger partial charge in [0.1, 0.15) is 5.82 Å². The van der Waals surface area contributed by atoms with Gasteiger partial charge in [0, 0.05) is 18.7 Å². The number of halogens is 1. The molecule has 2 rings (SSSR count). The summed E-state index contributed by atoms with van der Waals surface area (Å²) in [7, 11) is 0. The maximum atomic E-state index is 13.1. The Morgan fingerprint density at radius 2 is 2.00 bits per heavy atom. The molecule has 1 fully saturated rings. The Labute approximate surface area is 93.1 Å². The van der Waals surface area contributed by atoms with Crippen LogP contribution in [0.2, 0.25) is 0 Å². The number of benzene rings is 1. The van der Waals surface area contributed by atoms with E-state index in [1.165, 1.54) is 12.1 Å². The third-order valence-electron chi connectivity index (χ3n) is 2.67. The number of amides is 1. The van der Waals surface area contributed by atoms with Crippen molar-refractivity contribution in [2.45, 2.75) is 12.8 Å². The zero-order valence-electron chi connectivity index (χ0n) is 8.74. The van der Waals surface area contributed by atoms with E-state index in [0.29, 0.717) is 0 Å². The molecule has 1 aromatic carbocycles. The van der Waals surface area contributed by atoms with Gasteiger partial charge in [0.05, 0.1) is 11.6 Å². The molecule has 0 saturated carbocycles. The van der Waals surface area contributed by atoms with E-state index in [4.69, 9.17) is 5.26 Å². The molecule has 3 nitrogen and oxygen atoms in total. The maximum Gasteiger partial charge on any atom is 0.254 e. The fourth-order valence-corrected chi connectivity index (χ4v) is 1.88. The Bertz CT molecular complexity index is 459. The van der Waals surface area contributed by atoms with Gasteiger partial charge in [0.15, 0.2) is 0 Å². The fourth-order valence-electron chi connectivity index (χ4n) is 1.88. The molecule has 4 heteroatoms. The molecule has 1 aliphatic rings. The number of nitrogens with zero attached hydrogens (tertiary/aromatic N) is 2. The van der Waals surface area contributed by atoms with Crippen LogP contribution in [0, 0.1) is 17.1 Å². The highest BCUT2D eigenvalue weighted by molar-refractivity contribution is 5.94. The van der Waals surface area contributed by atoms with Crippen LogP contribution in [0.15, 0.2) is 18.2 Å². The van der Waals surface area contributed by atoms with Gasteiger partial charge in [-0.25, -0.2) is 4.39 Å². The number of likely N-dealkylation sites (tertiary alicyclic amines) is 1. The van der Waals surface area contributed by atoms with Crippen LogP contribution < -0.4 is 0 Å². The second-order valence-electron chi connectivity index (χ2n) is 3.84. The van der Waals surface area contributed by atoms with Crippen LogP contribution in [-0.4, -0.2) is 23.9 Å². The summed E-state index contributed by atoms with van der Waals surface area (Å²) in [6.45, 7) is 1.44. The molecule has 1 aliphatic heterocycles. The maximum absolute atomic E-state index is 13.1. The highest BCUT2D eigenvalue weighted by Gasteiger charge is 2.20. The van der Waals surface area contributed by atoms with Gasteiger partial charge in [-0.3, -0.25) is 4.79 Å². The summed E-state index contributed by atoms with van der Waals surface area (Å²) < 4.78 is 13.1. The number of rotatable bonds is 1. The first-order valence-electron chi connectivity index (χ1n) is 5.20. The van der Waals surface area contributed by atoms with E-state index in [-0.39, 0.29) is 17.0 Å². The van der Waals surface area contributed by atoms with Crippen LogP contribution in [0.4, 0.5) is 4.39 Å². The predicted octanol–water partition coefficient (Wildman–Crippen LogP) is 1.93. The molecule has 1 heterocycles. The summed E-state index contributed by atoms with van der Waals surface area (Å²) in [4.78, 5) is 13.6. The second-order valence-corrected chi connectivity index (χ2v) is 3.84. The predicted molar refractivity (Wildman–Crippen MR) is 56.3 cm³/mol. The van der Waals surface area contributed by atoms with Gasteiger partial charge < -0.3 is 4.90 Å². The Hall–Kier alpha value is -1.89. The first-order valence-corrected chi connectivity index (χ1v) is 5.20. The van der Waals surface area contributed by atoms with Crippen molar-refractivity contribution in [3.8, 4) is 6.07 Å². The molecule has 0 spiro atoms. The average molecular weight is 218 g/mol. The Morgan fingerprint density at radius 3 is 2.62 bits per heavy atom. The van der Waals surface area contributed by atoms with Gasteiger partial charge in [-0.15, -0.1) is 0 Å². The lowest BCUT2D eigenvalue weighted by Gasteiger charge is -2.15. The lowest BCUT2D eigenvalue weighted by atomic mass is 10.1. The molecule has 0 aliphatic carbocycles. The summed E-state index contributed by atoms with van der Waals surface area (Å²) >= 11 is 0. The minimum Gasteiger partial charge on any atom is -0.339 e. The minimum atomic E-state index is -0.540. The number of hydrogen-bond donors (Lipinski definition) is 0. The van der Waals surface area contributed by atoms with Crippen LogP contribution in [0.1, 0.15) is 28.8 Å². The standard InChI is InChI=1S/C12H11FN2O/c13-11-6-9(8-14)5-10(7-11)12(16)15-3-1-2-4-15/h5-7H,1-4H2. The van der Waals surface area contributed by atoms with Crippen LogP contribution >= 0.6 is 0 Å². The van der Waals surface area contributed by atoms with Crippen molar-refractivity contribution < 1.29 is 9.18 Å². The summed E-state index contributed by atoms with van der Waals surface area (Å²) in [5.74, 6) is -0.727. The van der Waals surface area contributed by atoms with E-state index in [9.17, 15) is 9.18 Å². The molecular weight excluding hydrogens is 207 g/mol. The summed E-state index contributed by atoms with van der Waals surface area (Å²) in [5.41, 5.74) is 0.445. The zero-order valence-corrected chi connectivity index (χ0v) is 8.74. The van der Waals surface area contributed by atoms with E-state index >= 15 is 0 Å². The minimum absolute atomic E-state index is 0.183. The van der Waals surface area contributed by atoms with Gasteiger partial charge in [0.25, 0.3) is 5.91 Å². The van der Waals surface area contributed by atoms with Crippen molar-refractivity contribution in [2.75, 3.05) is 13.1 Å². The lowest BCUT2D eigenvalue weighted by Crippen LogP contribution is -2.27. The molecule has 1 saturated heterocycles. The monoisotopic (exact) mass is 218 g/mol. The molecule has 0 bridgehead atoms. The molecule has 0 unspecified atom stereocenters. The molecular formula is C12H11FN2O. The van der Waals surface area contributed by atoms with Crippen molar-refractivity contribution in [3.05, 3.63) is 35.1 Å². The molecule has 0 atom stereocenters. The number of hydrogen-bond acceptors (Lipinski definition) is 2. The molecule has 16 heavy (non-hydrogen) atoms. The molecule has 1 amide bonds. The molecule has 0 aromatic heterocycles. The van der Waals surface area contributed by atoms with Crippen LogP contribution in [0.3, 0.4) is 0 Å². The van der Waals surface area contributed by atoms with E-state index < -0.39 is 5.82 Å². The van der Waals surface area contributed by atoms with Crippen LogP contribution in [-0.2, 0) is 0 Å². The van der Waals surface area contributed by atoms with Crippen LogP contribution in [0.25, 0.3) is 0 Å². The lowest BCUT2D eigenvalue weighted by molar-refractivity contribution is 0.0792. The summed E-state index contributed by atoms with van der Waals surface area (Å²) in [5, 5.41) is 8.69. The first-order chi connectivity index (χ1) is 7.70. The normalized spacial score (nSPS) is 14.9. The van der Waals surface area contributed by atoms with E-state index in [1.54, 1.807) is 4.90 Å².